The summed E-state index contributed by atoms with van der Waals surface area (Å²) in [6, 6.07) is 13.6. The van der Waals surface area contributed by atoms with Crippen molar-refractivity contribution in [3.05, 3.63) is 72.1 Å². The van der Waals surface area contributed by atoms with Crippen LogP contribution in [0.4, 0.5) is 25.8 Å². The van der Waals surface area contributed by atoms with E-state index in [-0.39, 0.29) is 0 Å². The van der Waals surface area contributed by atoms with Crippen LogP contribution in [0.2, 0.25) is 0 Å². The van der Waals surface area contributed by atoms with Gasteiger partial charge >= 0.3 is 18.3 Å². The normalized spacial score (nSPS) is 14.0. The molecule has 0 aliphatic carbocycles. The van der Waals surface area contributed by atoms with Crippen LogP contribution in [0.5, 0.6) is 0 Å². The maximum absolute atomic E-state index is 13.3. The van der Waals surface area contributed by atoms with Gasteiger partial charge in [0.25, 0.3) is 0 Å². The molecule has 0 radical (unpaired) electrons. The Morgan fingerprint density at radius 3 is 2.31 bits per heavy atom. The molecule has 0 spiro atoms. The largest absolute Gasteiger partial charge is 0.453 e. The van der Waals surface area contributed by atoms with Gasteiger partial charge in [0.2, 0.25) is 0 Å². The van der Waals surface area contributed by atoms with E-state index in [4.69, 9.17) is 9.47 Å². The molecule has 3 heterocycles. The van der Waals surface area contributed by atoms with Gasteiger partial charge in [-0.05, 0) is 23.8 Å². The maximum atomic E-state index is 13.3. The topological polar surface area (TPSA) is 125 Å². The van der Waals surface area contributed by atoms with Crippen molar-refractivity contribution in [2.24, 2.45) is 0 Å². The van der Waals surface area contributed by atoms with Crippen molar-refractivity contribution in [1.29, 1.82) is 0 Å². The standard InChI is InChI=1S/C25H21N5O6/c1-34-23(31)27-15-10-8-14(9-11-15)21-18-13-29(24(32)35-2)22-20(18)17(12-26-28-22)16-6-4-5-7-19(16)30(21)25(33)36-3/h4-13,21H,1-3H3,(H,27,31). The van der Waals surface area contributed by atoms with E-state index in [2.05, 4.69) is 20.3 Å². The number of carbonyl (C=O) groups excluding carboxylic acids is 3. The molecule has 0 saturated carbocycles. The highest BCUT2D eigenvalue weighted by atomic mass is 16.5. The van der Waals surface area contributed by atoms with Gasteiger partial charge in [0.05, 0.1) is 39.3 Å². The molecule has 1 N–H and O–H groups in total. The summed E-state index contributed by atoms with van der Waals surface area (Å²) in [6.45, 7) is 0. The van der Waals surface area contributed by atoms with Crippen LogP contribution in [-0.4, -0.2) is 54.4 Å². The van der Waals surface area contributed by atoms with Crippen LogP contribution < -0.4 is 10.2 Å². The Kier molecular flexibility index (Phi) is 5.72. The third kappa shape index (κ3) is 3.57. The van der Waals surface area contributed by atoms with Crippen LogP contribution in [0.3, 0.4) is 0 Å². The number of para-hydroxylation sites is 1. The second-order valence-electron chi connectivity index (χ2n) is 7.88. The molecule has 11 nitrogen and oxygen atoms in total. The molecular formula is C25H21N5O6. The summed E-state index contributed by atoms with van der Waals surface area (Å²) in [7, 11) is 3.86. The second-order valence-corrected chi connectivity index (χ2v) is 7.88. The van der Waals surface area contributed by atoms with Crippen LogP contribution in [0, 0.1) is 0 Å². The SMILES string of the molecule is COC(=O)Nc1ccc(C2c3cn(C(=O)OC)c4nncc(c34)-c3ccccc3N2C(=O)OC)cc1. The van der Waals surface area contributed by atoms with Gasteiger partial charge in [-0.25, -0.2) is 19.0 Å². The molecule has 0 saturated heterocycles. The zero-order valence-electron chi connectivity index (χ0n) is 19.6. The Balaban J connectivity index is 1.81. The number of hydrogen-bond donors (Lipinski definition) is 1. The number of anilines is 2. The minimum Gasteiger partial charge on any atom is -0.453 e. The summed E-state index contributed by atoms with van der Waals surface area (Å²) < 4.78 is 16.1. The molecule has 1 aliphatic heterocycles. The van der Waals surface area contributed by atoms with Gasteiger partial charge in [-0.2, -0.15) is 5.10 Å². The fourth-order valence-corrected chi connectivity index (χ4v) is 4.48. The predicted octanol–water partition coefficient (Wildman–Crippen LogP) is 4.57. The van der Waals surface area contributed by atoms with Gasteiger partial charge in [0, 0.05) is 34.0 Å². The van der Waals surface area contributed by atoms with E-state index >= 15 is 0 Å². The van der Waals surface area contributed by atoms with Gasteiger partial charge in [0.15, 0.2) is 5.65 Å². The van der Waals surface area contributed by atoms with Crippen LogP contribution in [0.1, 0.15) is 17.2 Å². The Morgan fingerprint density at radius 2 is 1.61 bits per heavy atom. The molecule has 1 atom stereocenters. The van der Waals surface area contributed by atoms with Crippen molar-refractivity contribution < 1.29 is 28.6 Å². The summed E-state index contributed by atoms with van der Waals surface area (Å²) in [5.74, 6) is 0. The molecule has 2 aromatic heterocycles. The Hall–Kier alpha value is -4.93. The summed E-state index contributed by atoms with van der Waals surface area (Å²) in [6.07, 6.45) is 1.35. The minimum absolute atomic E-state index is 0.296. The van der Waals surface area contributed by atoms with E-state index in [9.17, 15) is 14.4 Å². The lowest BCUT2D eigenvalue weighted by Crippen LogP contribution is -2.35. The summed E-state index contributed by atoms with van der Waals surface area (Å²) in [5, 5.41) is 11.6. The van der Waals surface area contributed by atoms with Crippen LogP contribution >= 0.6 is 0 Å². The first-order valence-corrected chi connectivity index (χ1v) is 10.8. The molecule has 0 bridgehead atoms. The molecule has 1 unspecified atom stereocenters. The van der Waals surface area contributed by atoms with Crippen LogP contribution in [0.15, 0.2) is 60.9 Å². The highest BCUT2D eigenvalue weighted by molar-refractivity contribution is 6.07. The van der Waals surface area contributed by atoms with E-state index in [1.807, 2.05) is 24.3 Å². The fourth-order valence-electron chi connectivity index (χ4n) is 4.48. The van der Waals surface area contributed by atoms with Gasteiger partial charge in [-0.1, -0.05) is 30.3 Å². The molecule has 2 amide bonds. The van der Waals surface area contributed by atoms with Crippen molar-refractivity contribution in [2.75, 3.05) is 31.5 Å². The number of carbonyl (C=O) groups is 3. The van der Waals surface area contributed by atoms with Crippen molar-refractivity contribution in [1.82, 2.24) is 14.8 Å². The quantitative estimate of drug-likeness (QED) is 0.408. The van der Waals surface area contributed by atoms with E-state index < -0.39 is 24.3 Å². The zero-order valence-corrected chi connectivity index (χ0v) is 19.6. The van der Waals surface area contributed by atoms with Crippen molar-refractivity contribution in [3.8, 4) is 11.1 Å². The molecule has 5 rings (SSSR count). The number of nitrogens with one attached hydrogen (secondary N) is 1. The second kappa shape index (κ2) is 9.02. The van der Waals surface area contributed by atoms with Crippen LogP contribution in [0.25, 0.3) is 22.2 Å². The summed E-state index contributed by atoms with van der Waals surface area (Å²) >= 11 is 0. The monoisotopic (exact) mass is 487 g/mol. The number of benzene rings is 2. The fraction of sp³-hybridized carbons (Fsp3) is 0.160. The summed E-state index contributed by atoms with van der Waals surface area (Å²) in [5.41, 5.74) is 4.14. The van der Waals surface area contributed by atoms with E-state index in [1.54, 1.807) is 36.7 Å². The Labute approximate surface area is 205 Å². The number of amides is 2. The third-order valence-corrected chi connectivity index (χ3v) is 6.02. The number of aromatic nitrogens is 3. The molecule has 1 aliphatic rings. The van der Waals surface area contributed by atoms with Crippen molar-refractivity contribution >= 4 is 40.7 Å². The van der Waals surface area contributed by atoms with Gasteiger partial charge in [-0.15, -0.1) is 5.10 Å². The Bertz CT molecular complexity index is 1500. The smallest absolute Gasteiger partial charge is 0.419 e. The Morgan fingerprint density at radius 1 is 0.889 bits per heavy atom. The number of hydrogen-bond acceptors (Lipinski definition) is 8. The number of nitrogens with zero attached hydrogens (tertiary/aromatic N) is 4. The highest BCUT2D eigenvalue weighted by Gasteiger charge is 2.37. The average Bonchev–Trinajstić information content (AvgIpc) is 3.25. The lowest BCUT2D eigenvalue weighted by atomic mass is 9.96. The van der Waals surface area contributed by atoms with Crippen LogP contribution in [-0.2, 0) is 14.2 Å². The van der Waals surface area contributed by atoms with E-state index in [0.29, 0.717) is 39.1 Å². The number of fused-ring (bicyclic) bond motifs is 2. The highest BCUT2D eigenvalue weighted by Crippen LogP contribution is 2.47. The van der Waals surface area contributed by atoms with E-state index in [1.165, 1.54) is 30.8 Å². The molecule has 2 aromatic carbocycles. The predicted molar refractivity (Wildman–Crippen MR) is 130 cm³/mol. The first-order valence-electron chi connectivity index (χ1n) is 10.8. The van der Waals surface area contributed by atoms with Gasteiger partial charge in [-0.3, -0.25) is 10.2 Å². The molecule has 182 valence electrons. The zero-order chi connectivity index (χ0) is 25.4. The first-order chi connectivity index (χ1) is 17.5. The van der Waals surface area contributed by atoms with Crippen molar-refractivity contribution in [3.63, 3.8) is 0 Å². The number of rotatable bonds is 2. The molecule has 11 heteroatoms. The van der Waals surface area contributed by atoms with Gasteiger partial charge < -0.3 is 14.2 Å². The third-order valence-electron chi connectivity index (χ3n) is 6.02. The number of ether oxygens (including phenoxy) is 3. The number of methoxy groups -OCH3 is 3. The lowest BCUT2D eigenvalue weighted by Gasteiger charge is -2.31. The lowest BCUT2D eigenvalue weighted by molar-refractivity contribution is 0.173. The average molecular weight is 487 g/mol. The molecule has 36 heavy (non-hydrogen) atoms. The molecular weight excluding hydrogens is 466 g/mol. The summed E-state index contributed by atoms with van der Waals surface area (Å²) in [4.78, 5) is 39.1. The minimum atomic E-state index is -0.718. The molecule has 4 aromatic rings. The van der Waals surface area contributed by atoms with Gasteiger partial charge in [0.1, 0.15) is 0 Å². The molecule has 0 fully saturated rings. The first kappa shape index (κ1) is 22.8. The van der Waals surface area contributed by atoms with E-state index in [0.717, 1.165) is 5.56 Å². The maximum Gasteiger partial charge on any atom is 0.419 e. The van der Waals surface area contributed by atoms with Crippen molar-refractivity contribution in [2.45, 2.75) is 6.04 Å².